The topological polar surface area (TPSA) is 32.3 Å². The number of nitrogens with one attached hydrogen (secondary N) is 1. The molecule has 0 aromatic heterocycles. The van der Waals surface area contributed by atoms with Crippen molar-refractivity contribution in [1.29, 1.82) is 0 Å². The number of carbonyl (C=O) groups is 1. The van der Waals surface area contributed by atoms with Crippen molar-refractivity contribution in [2.75, 3.05) is 12.9 Å². The largest absolute Gasteiger partial charge is 0.352 e. The molecule has 0 atom stereocenters. The molecule has 1 aliphatic rings. The fourth-order valence-electron chi connectivity index (χ4n) is 2.74. The van der Waals surface area contributed by atoms with Gasteiger partial charge in [-0.1, -0.05) is 0 Å². The Bertz CT molecular complexity index is 258. The van der Waals surface area contributed by atoms with Crippen LogP contribution in [-0.2, 0) is 4.79 Å². The minimum absolute atomic E-state index is 0.0488. The van der Waals surface area contributed by atoms with E-state index in [0.717, 1.165) is 12.8 Å². The Morgan fingerprint density at radius 1 is 1.31 bits per heavy atom. The number of nitrogens with zero attached hydrogens (tertiary/aromatic N) is 1. The number of amides is 1. The van der Waals surface area contributed by atoms with Gasteiger partial charge in [0, 0.05) is 17.1 Å². The molecule has 0 spiro atoms. The van der Waals surface area contributed by atoms with Gasteiger partial charge in [-0.15, -0.1) is 11.6 Å². The van der Waals surface area contributed by atoms with Crippen LogP contribution in [0.3, 0.4) is 0 Å². The zero-order valence-corrected chi connectivity index (χ0v) is 11.7. The van der Waals surface area contributed by atoms with Gasteiger partial charge < -0.3 is 5.32 Å². The normalized spacial score (nSPS) is 25.4. The minimum atomic E-state index is -0.0668. The van der Waals surface area contributed by atoms with Crippen molar-refractivity contribution >= 4 is 17.5 Å². The van der Waals surface area contributed by atoms with Crippen LogP contribution in [0.15, 0.2) is 0 Å². The molecular weight excluding hydrogens is 224 g/mol. The molecular formula is C12H23ClN2O. The predicted molar refractivity (Wildman–Crippen MR) is 67.8 cm³/mol. The quantitative estimate of drug-likeness (QED) is 0.756. The molecule has 1 heterocycles. The molecule has 0 aliphatic carbocycles. The maximum Gasteiger partial charge on any atom is 0.235 e. The number of hydrogen-bond acceptors (Lipinski definition) is 2. The van der Waals surface area contributed by atoms with Gasteiger partial charge in [-0.05, 0) is 47.6 Å². The molecule has 0 aromatic rings. The Morgan fingerprint density at radius 3 is 2.12 bits per heavy atom. The van der Waals surface area contributed by atoms with Gasteiger partial charge in [-0.2, -0.15) is 0 Å². The molecule has 1 rings (SSSR count). The van der Waals surface area contributed by atoms with Gasteiger partial charge in [-0.3, -0.25) is 9.69 Å². The van der Waals surface area contributed by atoms with E-state index in [9.17, 15) is 4.79 Å². The van der Waals surface area contributed by atoms with E-state index in [1.807, 2.05) is 0 Å². The van der Waals surface area contributed by atoms with Crippen LogP contribution in [0, 0.1) is 0 Å². The van der Waals surface area contributed by atoms with Gasteiger partial charge >= 0.3 is 0 Å². The first-order valence-corrected chi connectivity index (χ1v) is 6.32. The van der Waals surface area contributed by atoms with Crippen LogP contribution in [0.25, 0.3) is 0 Å². The van der Waals surface area contributed by atoms with Crippen molar-refractivity contribution in [3.63, 3.8) is 0 Å². The van der Waals surface area contributed by atoms with Crippen molar-refractivity contribution in [3.05, 3.63) is 0 Å². The Hall–Kier alpha value is -0.280. The summed E-state index contributed by atoms with van der Waals surface area (Å²) in [5, 5.41) is 3.00. The van der Waals surface area contributed by atoms with Crippen LogP contribution in [0.1, 0.15) is 40.5 Å². The third-order valence-electron chi connectivity index (χ3n) is 3.79. The van der Waals surface area contributed by atoms with E-state index in [0.29, 0.717) is 0 Å². The molecule has 1 N–H and O–H groups in total. The highest BCUT2D eigenvalue weighted by Crippen LogP contribution is 2.36. The zero-order chi connectivity index (χ0) is 12.6. The van der Waals surface area contributed by atoms with E-state index in [1.165, 1.54) is 0 Å². The lowest BCUT2D eigenvalue weighted by Crippen LogP contribution is -2.62. The first-order valence-electron chi connectivity index (χ1n) is 5.78. The van der Waals surface area contributed by atoms with Gasteiger partial charge in [-0.25, -0.2) is 0 Å². The lowest BCUT2D eigenvalue weighted by atomic mass is 9.77. The van der Waals surface area contributed by atoms with E-state index < -0.39 is 0 Å². The Balaban J connectivity index is 2.75. The zero-order valence-electron chi connectivity index (χ0n) is 10.9. The van der Waals surface area contributed by atoms with Crippen molar-refractivity contribution in [2.24, 2.45) is 0 Å². The molecule has 0 radical (unpaired) electrons. The molecule has 0 aromatic carbocycles. The fraction of sp³-hybridized carbons (Fsp3) is 0.917. The third-order valence-corrected chi connectivity index (χ3v) is 4.04. The Kier molecular flexibility index (Phi) is 3.91. The first kappa shape index (κ1) is 13.8. The van der Waals surface area contributed by atoms with Gasteiger partial charge in [0.1, 0.15) is 5.88 Å². The number of carbonyl (C=O) groups excluding carboxylic acids is 1. The second-order valence-corrected chi connectivity index (χ2v) is 6.26. The average molecular weight is 247 g/mol. The lowest BCUT2D eigenvalue weighted by Gasteiger charge is -2.53. The molecule has 1 fully saturated rings. The van der Waals surface area contributed by atoms with Crippen LogP contribution in [0.5, 0.6) is 0 Å². The summed E-state index contributed by atoms with van der Waals surface area (Å²) in [6, 6.07) is 0.229. The van der Waals surface area contributed by atoms with Gasteiger partial charge in [0.05, 0.1) is 0 Å². The Labute approximate surface area is 104 Å². The summed E-state index contributed by atoms with van der Waals surface area (Å²) < 4.78 is 0. The summed E-state index contributed by atoms with van der Waals surface area (Å²) in [6.07, 6.45) is 1.94. The highest BCUT2D eigenvalue weighted by molar-refractivity contribution is 6.27. The summed E-state index contributed by atoms with van der Waals surface area (Å²) in [4.78, 5) is 13.7. The highest BCUT2D eigenvalue weighted by atomic mass is 35.5. The SMILES string of the molecule is CN1C(C)(C)CC(NC(=O)CCl)CC1(C)C. The molecule has 1 saturated heterocycles. The molecule has 0 saturated carbocycles. The van der Waals surface area contributed by atoms with E-state index in [4.69, 9.17) is 11.6 Å². The second-order valence-electron chi connectivity index (χ2n) is 5.99. The maximum absolute atomic E-state index is 11.3. The van der Waals surface area contributed by atoms with E-state index in [2.05, 4.69) is 45.0 Å². The van der Waals surface area contributed by atoms with Crippen LogP contribution < -0.4 is 5.32 Å². The van der Waals surface area contributed by atoms with E-state index >= 15 is 0 Å². The summed E-state index contributed by atoms with van der Waals surface area (Å²) in [5.41, 5.74) is 0.206. The molecule has 3 nitrogen and oxygen atoms in total. The molecule has 0 unspecified atom stereocenters. The maximum atomic E-state index is 11.3. The molecule has 16 heavy (non-hydrogen) atoms. The van der Waals surface area contributed by atoms with E-state index in [-0.39, 0.29) is 28.9 Å². The molecule has 94 valence electrons. The number of alkyl halides is 1. The number of piperidine rings is 1. The molecule has 1 amide bonds. The number of hydrogen-bond donors (Lipinski definition) is 1. The van der Waals surface area contributed by atoms with Gasteiger partial charge in [0.15, 0.2) is 0 Å². The highest BCUT2D eigenvalue weighted by Gasteiger charge is 2.43. The fourth-order valence-corrected chi connectivity index (χ4v) is 2.82. The van der Waals surface area contributed by atoms with Crippen molar-refractivity contribution in [1.82, 2.24) is 10.2 Å². The van der Waals surface area contributed by atoms with Gasteiger partial charge in [0.2, 0.25) is 5.91 Å². The monoisotopic (exact) mass is 246 g/mol. The Morgan fingerprint density at radius 2 is 1.75 bits per heavy atom. The van der Waals surface area contributed by atoms with Crippen molar-refractivity contribution < 1.29 is 4.79 Å². The van der Waals surface area contributed by atoms with Crippen molar-refractivity contribution in [3.8, 4) is 0 Å². The molecule has 4 heteroatoms. The van der Waals surface area contributed by atoms with E-state index in [1.54, 1.807) is 0 Å². The smallest absolute Gasteiger partial charge is 0.235 e. The summed E-state index contributed by atoms with van der Waals surface area (Å²) in [5.74, 6) is -0.0180. The standard InChI is InChI=1S/C12H23ClN2O/c1-11(2)6-9(14-10(16)8-13)7-12(3,4)15(11)5/h9H,6-8H2,1-5H3,(H,14,16). The molecule has 1 aliphatic heterocycles. The third kappa shape index (κ3) is 2.89. The van der Waals surface area contributed by atoms with Gasteiger partial charge in [0.25, 0.3) is 0 Å². The van der Waals surface area contributed by atoms with Crippen LogP contribution in [0.2, 0.25) is 0 Å². The van der Waals surface area contributed by atoms with Crippen LogP contribution in [0.4, 0.5) is 0 Å². The number of halogens is 1. The second kappa shape index (κ2) is 4.53. The van der Waals surface area contributed by atoms with Crippen LogP contribution in [-0.4, -0.2) is 40.9 Å². The van der Waals surface area contributed by atoms with Crippen molar-refractivity contribution in [2.45, 2.75) is 57.7 Å². The molecule has 0 bridgehead atoms. The summed E-state index contributed by atoms with van der Waals surface area (Å²) >= 11 is 5.52. The summed E-state index contributed by atoms with van der Waals surface area (Å²) in [7, 11) is 2.15. The predicted octanol–water partition coefficient (Wildman–Crippen LogP) is 1.99. The first-order chi connectivity index (χ1) is 7.19. The average Bonchev–Trinajstić information content (AvgIpc) is 2.13. The van der Waals surface area contributed by atoms with Crippen LogP contribution >= 0.6 is 11.6 Å². The number of likely N-dealkylation sites (tertiary alicyclic amines) is 1. The summed E-state index contributed by atoms with van der Waals surface area (Å²) in [6.45, 7) is 8.86. The minimum Gasteiger partial charge on any atom is -0.352 e. The lowest BCUT2D eigenvalue weighted by molar-refractivity contribution is -0.120. The number of rotatable bonds is 2.